The molecule has 1 fully saturated rings. The standard InChI is InChI=1S/C27H29N5O4S/c1-17-24(16-37-27-29-30-31-32(27)22-10-12-23(34)13-11-22)35-26(21-8-2-18(14-28)3-9-21)36-25(17)20-6-4-19(15-33)5-7-20/h2-13,17,24-26,33-34H,14-16,28H2,1H3. The monoisotopic (exact) mass is 519 g/mol. The van der Waals surface area contributed by atoms with Gasteiger partial charge in [-0.25, -0.2) is 0 Å². The van der Waals surface area contributed by atoms with Crippen LogP contribution in [0.4, 0.5) is 0 Å². The predicted molar refractivity (Wildman–Crippen MR) is 139 cm³/mol. The zero-order valence-corrected chi connectivity index (χ0v) is 21.2. The van der Waals surface area contributed by atoms with Crippen LogP contribution in [0.5, 0.6) is 5.75 Å². The number of rotatable bonds is 8. The number of hydrogen-bond acceptors (Lipinski definition) is 9. The average molecular weight is 520 g/mol. The third kappa shape index (κ3) is 5.68. The van der Waals surface area contributed by atoms with Gasteiger partial charge in [-0.3, -0.25) is 0 Å². The van der Waals surface area contributed by atoms with Crippen LogP contribution < -0.4 is 5.73 Å². The maximum absolute atomic E-state index is 9.61. The molecule has 0 saturated carbocycles. The number of hydrogen-bond donors (Lipinski definition) is 3. The van der Waals surface area contributed by atoms with Crippen LogP contribution in [-0.4, -0.2) is 42.3 Å². The number of aliphatic hydroxyl groups excluding tert-OH is 1. The van der Waals surface area contributed by atoms with E-state index in [0.29, 0.717) is 17.5 Å². The summed E-state index contributed by atoms with van der Waals surface area (Å²) >= 11 is 1.50. The van der Waals surface area contributed by atoms with Crippen molar-refractivity contribution in [3.05, 3.63) is 95.1 Å². The fourth-order valence-corrected chi connectivity index (χ4v) is 5.36. The lowest BCUT2D eigenvalue weighted by atomic mass is 9.91. The molecular weight excluding hydrogens is 490 g/mol. The van der Waals surface area contributed by atoms with Crippen LogP contribution >= 0.6 is 11.8 Å². The van der Waals surface area contributed by atoms with Crippen molar-refractivity contribution in [3.8, 4) is 11.4 Å². The molecule has 37 heavy (non-hydrogen) atoms. The van der Waals surface area contributed by atoms with Gasteiger partial charge >= 0.3 is 0 Å². The van der Waals surface area contributed by atoms with Crippen molar-refractivity contribution >= 4 is 11.8 Å². The number of ether oxygens (including phenoxy) is 2. The van der Waals surface area contributed by atoms with Crippen molar-refractivity contribution in [1.82, 2.24) is 20.2 Å². The second kappa shape index (κ2) is 11.4. The number of nitrogens with two attached hydrogens (primary N) is 1. The summed E-state index contributed by atoms with van der Waals surface area (Å²) in [5, 5.41) is 31.8. The highest BCUT2D eigenvalue weighted by Crippen LogP contribution is 2.43. The van der Waals surface area contributed by atoms with Crippen molar-refractivity contribution in [2.24, 2.45) is 11.7 Å². The molecule has 9 nitrogen and oxygen atoms in total. The molecule has 5 rings (SSSR count). The van der Waals surface area contributed by atoms with Gasteiger partial charge in [0, 0.05) is 23.8 Å². The molecule has 0 spiro atoms. The quantitative estimate of drug-likeness (QED) is 0.297. The highest BCUT2D eigenvalue weighted by molar-refractivity contribution is 7.99. The van der Waals surface area contributed by atoms with E-state index >= 15 is 0 Å². The Morgan fingerprint density at radius 1 is 0.919 bits per heavy atom. The molecule has 1 aromatic heterocycles. The maximum Gasteiger partial charge on any atom is 0.214 e. The highest BCUT2D eigenvalue weighted by atomic mass is 32.2. The van der Waals surface area contributed by atoms with Crippen LogP contribution in [0.25, 0.3) is 5.69 Å². The molecule has 0 aliphatic carbocycles. The molecule has 0 bridgehead atoms. The lowest BCUT2D eigenvalue weighted by Crippen LogP contribution is -2.38. The zero-order chi connectivity index (χ0) is 25.8. The number of thioether (sulfide) groups is 1. The van der Waals surface area contributed by atoms with Gasteiger partial charge in [-0.15, -0.1) is 5.10 Å². The third-order valence-electron chi connectivity index (χ3n) is 6.52. The SMILES string of the molecule is CC1C(CSc2nnnn2-c2ccc(O)cc2)OC(c2ccc(CN)cc2)OC1c1ccc(CO)cc1. The fourth-order valence-electron chi connectivity index (χ4n) is 4.30. The normalized spacial score (nSPS) is 21.7. The van der Waals surface area contributed by atoms with E-state index in [2.05, 4.69) is 22.4 Å². The van der Waals surface area contributed by atoms with Gasteiger partial charge in [0.25, 0.3) is 0 Å². The smallest absolute Gasteiger partial charge is 0.214 e. The van der Waals surface area contributed by atoms with E-state index in [-0.39, 0.29) is 30.5 Å². The highest BCUT2D eigenvalue weighted by Gasteiger charge is 2.38. The molecule has 4 aromatic rings. The topological polar surface area (TPSA) is 129 Å². The van der Waals surface area contributed by atoms with Gasteiger partial charge in [0.05, 0.1) is 24.5 Å². The summed E-state index contributed by atoms with van der Waals surface area (Å²) in [6.07, 6.45) is -0.922. The number of tetrazole rings is 1. The molecule has 4 atom stereocenters. The van der Waals surface area contributed by atoms with E-state index < -0.39 is 6.29 Å². The van der Waals surface area contributed by atoms with E-state index in [1.54, 1.807) is 28.9 Å². The Morgan fingerprint density at radius 2 is 1.59 bits per heavy atom. The second-order valence-electron chi connectivity index (χ2n) is 8.97. The number of aromatic hydroxyl groups is 1. The number of benzene rings is 3. The Morgan fingerprint density at radius 3 is 2.27 bits per heavy atom. The summed E-state index contributed by atoms with van der Waals surface area (Å²) in [7, 11) is 0. The Balaban J connectivity index is 1.39. The molecule has 1 aliphatic rings. The van der Waals surface area contributed by atoms with Crippen LogP contribution in [0.15, 0.2) is 78.0 Å². The number of phenolic OH excluding ortho intramolecular Hbond substituents is 1. The van der Waals surface area contributed by atoms with Crippen LogP contribution in [0.2, 0.25) is 0 Å². The summed E-state index contributed by atoms with van der Waals surface area (Å²) in [6.45, 7) is 2.58. The Kier molecular flexibility index (Phi) is 7.82. The minimum Gasteiger partial charge on any atom is -0.508 e. The van der Waals surface area contributed by atoms with Gasteiger partial charge in [-0.2, -0.15) is 4.68 Å². The first-order chi connectivity index (χ1) is 18.1. The summed E-state index contributed by atoms with van der Waals surface area (Å²) in [5.41, 5.74) is 10.4. The first-order valence-electron chi connectivity index (χ1n) is 12.1. The predicted octanol–water partition coefficient (Wildman–Crippen LogP) is 3.90. The maximum atomic E-state index is 9.61. The van der Waals surface area contributed by atoms with Crippen LogP contribution in [0.1, 0.15) is 41.6 Å². The molecular formula is C27H29N5O4S. The minimum absolute atomic E-state index is 0.00437. The fraction of sp³-hybridized carbons (Fsp3) is 0.296. The lowest BCUT2D eigenvalue weighted by molar-refractivity contribution is -0.268. The summed E-state index contributed by atoms with van der Waals surface area (Å²) in [4.78, 5) is 0. The number of aliphatic hydroxyl groups is 1. The van der Waals surface area contributed by atoms with Crippen molar-refractivity contribution in [3.63, 3.8) is 0 Å². The van der Waals surface area contributed by atoms with Crippen LogP contribution in [-0.2, 0) is 22.6 Å². The first-order valence-corrected chi connectivity index (χ1v) is 13.0. The van der Waals surface area contributed by atoms with Gasteiger partial charge in [0.15, 0.2) is 6.29 Å². The summed E-state index contributed by atoms with van der Waals surface area (Å²) in [5.74, 6) is 0.815. The molecule has 4 N–H and O–H groups in total. The van der Waals surface area contributed by atoms with Gasteiger partial charge in [0.2, 0.25) is 5.16 Å². The molecule has 4 unspecified atom stereocenters. The van der Waals surface area contributed by atoms with Crippen molar-refractivity contribution < 1.29 is 19.7 Å². The molecule has 0 radical (unpaired) electrons. The number of aromatic nitrogens is 4. The summed E-state index contributed by atoms with van der Waals surface area (Å²) in [6, 6.07) is 22.5. The molecule has 1 saturated heterocycles. The van der Waals surface area contributed by atoms with E-state index in [4.69, 9.17) is 15.2 Å². The molecule has 1 aliphatic heterocycles. The van der Waals surface area contributed by atoms with Crippen molar-refractivity contribution in [2.75, 3.05) is 5.75 Å². The largest absolute Gasteiger partial charge is 0.508 e. The first kappa shape index (κ1) is 25.4. The number of phenols is 1. The third-order valence-corrected chi connectivity index (χ3v) is 7.53. The summed E-state index contributed by atoms with van der Waals surface area (Å²) < 4.78 is 14.6. The van der Waals surface area contributed by atoms with Gasteiger partial charge in [-0.05, 0) is 51.4 Å². The molecule has 10 heteroatoms. The Labute approximate surface area is 219 Å². The molecule has 2 heterocycles. The Hall–Kier alpha value is -3.28. The Bertz CT molecular complexity index is 1300. The zero-order valence-electron chi connectivity index (χ0n) is 20.3. The lowest BCUT2D eigenvalue weighted by Gasteiger charge is -2.41. The van der Waals surface area contributed by atoms with Gasteiger partial charge in [0.1, 0.15) is 5.75 Å². The van der Waals surface area contributed by atoms with Gasteiger partial charge < -0.3 is 25.4 Å². The van der Waals surface area contributed by atoms with E-state index in [0.717, 1.165) is 27.9 Å². The number of nitrogens with zero attached hydrogens (tertiary/aromatic N) is 4. The van der Waals surface area contributed by atoms with Crippen molar-refractivity contribution in [1.29, 1.82) is 0 Å². The van der Waals surface area contributed by atoms with Crippen LogP contribution in [0, 0.1) is 5.92 Å². The molecule has 192 valence electrons. The second-order valence-corrected chi connectivity index (χ2v) is 9.96. The molecule has 0 amide bonds. The molecule has 3 aromatic carbocycles. The minimum atomic E-state index is -0.552. The van der Waals surface area contributed by atoms with Crippen molar-refractivity contribution in [2.45, 2.75) is 43.7 Å². The van der Waals surface area contributed by atoms with E-state index in [9.17, 15) is 10.2 Å². The van der Waals surface area contributed by atoms with Crippen LogP contribution in [0.3, 0.4) is 0 Å². The van der Waals surface area contributed by atoms with E-state index in [1.807, 2.05) is 48.5 Å². The van der Waals surface area contributed by atoms with E-state index in [1.165, 1.54) is 11.8 Å². The van der Waals surface area contributed by atoms with Gasteiger partial charge in [-0.1, -0.05) is 67.2 Å². The average Bonchev–Trinajstić information content (AvgIpc) is 3.42.